The fourth-order valence-electron chi connectivity index (χ4n) is 1.34. The number of nitrogens with two attached hydrogens (primary N) is 1. The molecule has 19 heavy (non-hydrogen) atoms. The van der Waals surface area contributed by atoms with Crippen LogP contribution in [0.3, 0.4) is 0 Å². The Morgan fingerprint density at radius 2 is 1.95 bits per heavy atom. The lowest BCUT2D eigenvalue weighted by atomic mass is 9.89. The Labute approximate surface area is 114 Å². The first-order valence-corrected chi connectivity index (χ1v) is 7.38. The van der Waals surface area contributed by atoms with Crippen LogP contribution in [-0.2, 0) is 10.0 Å². The normalized spacial score (nSPS) is 13.8. The fraction of sp³-hybridized carbons (Fsp3) is 0.462. The van der Waals surface area contributed by atoms with E-state index in [9.17, 15) is 8.42 Å². The molecule has 0 radical (unpaired) electrons. The van der Waals surface area contributed by atoms with E-state index in [1.54, 1.807) is 6.92 Å². The first kappa shape index (κ1) is 15.5. The third-order valence-corrected chi connectivity index (χ3v) is 4.67. The zero-order chi connectivity index (χ0) is 14.8. The van der Waals surface area contributed by atoms with Crippen molar-refractivity contribution in [3.8, 4) is 6.07 Å². The first-order chi connectivity index (χ1) is 8.58. The summed E-state index contributed by atoms with van der Waals surface area (Å²) in [5.74, 6) is 0. The summed E-state index contributed by atoms with van der Waals surface area (Å²) in [6.07, 6.45) is 0. The highest BCUT2D eigenvalue weighted by atomic mass is 32.2. The number of anilines is 1. The number of hydrogen-bond acceptors (Lipinski definition) is 4. The number of sulfonamides is 1. The maximum absolute atomic E-state index is 12.2. The molecule has 0 heterocycles. The Morgan fingerprint density at radius 3 is 2.37 bits per heavy atom. The van der Waals surface area contributed by atoms with Crippen LogP contribution in [0.2, 0.25) is 0 Å². The number of nitrogens with one attached hydrogen (secondary N) is 1. The summed E-state index contributed by atoms with van der Waals surface area (Å²) in [5.41, 5.74) is 5.91. The molecule has 1 atom stereocenters. The predicted octanol–water partition coefficient (Wildman–Crippen LogP) is 1.85. The standard InChI is InChI=1S/C13H19N3O2S/c1-9(13(2,3)4)16-19(17,18)12-6-5-10(8-14)7-11(12)15/h5-7,9,16H,15H2,1-4H3. The van der Waals surface area contributed by atoms with Crippen LogP contribution in [0, 0.1) is 16.7 Å². The van der Waals surface area contributed by atoms with Gasteiger partial charge in [0.15, 0.2) is 0 Å². The van der Waals surface area contributed by atoms with Crippen LogP contribution >= 0.6 is 0 Å². The van der Waals surface area contributed by atoms with Crippen molar-refractivity contribution in [3.63, 3.8) is 0 Å². The summed E-state index contributed by atoms with van der Waals surface area (Å²) in [4.78, 5) is 0.00241. The van der Waals surface area contributed by atoms with Crippen LogP contribution in [0.5, 0.6) is 0 Å². The smallest absolute Gasteiger partial charge is 0.242 e. The summed E-state index contributed by atoms with van der Waals surface area (Å²) >= 11 is 0. The minimum Gasteiger partial charge on any atom is -0.398 e. The third-order valence-electron chi connectivity index (χ3n) is 3.06. The largest absolute Gasteiger partial charge is 0.398 e. The molecule has 0 aliphatic rings. The van der Waals surface area contributed by atoms with Crippen LogP contribution in [-0.4, -0.2) is 14.5 Å². The quantitative estimate of drug-likeness (QED) is 0.826. The molecule has 0 aromatic heterocycles. The summed E-state index contributed by atoms with van der Waals surface area (Å²) in [5, 5.41) is 8.74. The van der Waals surface area contributed by atoms with Crippen molar-refractivity contribution in [2.24, 2.45) is 5.41 Å². The number of nitrogen functional groups attached to an aromatic ring is 1. The SMILES string of the molecule is CC(NS(=O)(=O)c1ccc(C#N)cc1N)C(C)(C)C. The summed E-state index contributed by atoms with van der Waals surface area (Å²) < 4.78 is 27.1. The van der Waals surface area contributed by atoms with E-state index in [4.69, 9.17) is 11.0 Å². The van der Waals surface area contributed by atoms with Crippen LogP contribution in [0.4, 0.5) is 5.69 Å². The molecule has 1 rings (SSSR count). The predicted molar refractivity (Wildman–Crippen MR) is 74.8 cm³/mol. The van der Waals surface area contributed by atoms with E-state index in [1.165, 1.54) is 18.2 Å². The molecule has 0 aliphatic heterocycles. The molecule has 0 amide bonds. The van der Waals surface area contributed by atoms with Gasteiger partial charge in [0.25, 0.3) is 0 Å². The minimum atomic E-state index is -3.68. The maximum atomic E-state index is 12.2. The second-order valence-corrected chi connectivity index (χ2v) is 7.26. The van der Waals surface area contributed by atoms with Gasteiger partial charge in [0, 0.05) is 6.04 Å². The lowest BCUT2D eigenvalue weighted by Gasteiger charge is -2.28. The molecule has 3 N–H and O–H groups in total. The topological polar surface area (TPSA) is 96.0 Å². The molecular formula is C13H19N3O2S. The lowest BCUT2D eigenvalue weighted by Crippen LogP contribution is -2.41. The first-order valence-electron chi connectivity index (χ1n) is 5.90. The molecule has 1 unspecified atom stereocenters. The van der Waals surface area contributed by atoms with Gasteiger partial charge >= 0.3 is 0 Å². The monoisotopic (exact) mass is 281 g/mol. The van der Waals surface area contributed by atoms with Gasteiger partial charge in [-0.1, -0.05) is 20.8 Å². The number of rotatable bonds is 3. The van der Waals surface area contributed by atoms with Gasteiger partial charge in [0.1, 0.15) is 4.90 Å². The highest BCUT2D eigenvalue weighted by molar-refractivity contribution is 7.89. The Balaban J connectivity index is 3.12. The highest BCUT2D eigenvalue weighted by Crippen LogP contribution is 2.24. The van der Waals surface area contributed by atoms with Gasteiger partial charge in [-0.05, 0) is 30.5 Å². The number of hydrogen-bond donors (Lipinski definition) is 2. The Kier molecular flexibility index (Phi) is 4.23. The second kappa shape index (κ2) is 5.19. The molecular weight excluding hydrogens is 262 g/mol. The Hall–Kier alpha value is -1.58. The van der Waals surface area contributed by atoms with Crippen molar-refractivity contribution >= 4 is 15.7 Å². The van der Waals surface area contributed by atoms with Crippen molar-refractivity contribution in [1.82, 2.24) is 4.72 Å². The summed E-state index contributed by atoms with van der Waals surface area (Å²) in [6, 6.07) is 5.82. The van der Waals surface area contributed by atoms with Crippen LogP contribution in [0.15, 0.2) is 23.1 Å². The van der Waals surface area contributed by atoms with Crippen molar-refractivity contribution in [2.45, 2.75) is 38.6 Å². The molecule has 104 valence electrons. The van der Waals surface area contributed by atoms with E-state index in [0.29, 0.717) is 5.56 Å². The molecule has 1 aromatic carbocycles. The zero-order valence-corrected chi connectivity index (χ0v) is 12.4. The van der Waals surface area contributed by atoms with Gasteiger partial charge in [0.2, 0.25) is 10.0 Å². The zero-order valence-electron chi connectivity index (χ0n) is 11.6. The van der Waals surface area contributed by atoms with Crippen LogP contribution in [0.25, 0.3) is 0 Å². The van der Waals surface area contributed by atoms with E-state index in [0.717, 1.165) is 0 Å². The highest BCUT2D eigenvalue weighted by Gasteiger charge is 2.27. The van der Waals surface area contributed by atoms with E-state index < -0.39 is 10.0 Å². The van der Waals surface area contributed by atoms with E-state index in [2.05, 4.69) is 4.72 Å². The van der Waals surface area contributed by atoms with E-state index in [1.807, 2.05) is 26.8 Å². The van der Waals surface area contributed by atoms with Crippen molar-refractivity contribution in [1.29, 1.82) is 5.26 Å². The Bertz CT molecular complexity index is 610. The molecule has 6 heteroatoms. The molecule has 0 spiro atoms. The van der Waals surface area contributed by atoms with Crippen LogP contribution in [0.1, 0.15) is 33.3 Å². The lowest BCUT2D eigenvalue weighted by molar-refractivity contribution is 0.317. The minimum absolute atomic E-state index is 0.00241. The molecule has 0 saturated heterocycles. The van der Waals surface area contributed by atoms with E-state index >= 15 is 0 Å². The fourth-order valence-corrected chi connectivity index (χ4v) is 2.90. The van der Waals surface area contributed by atoms with E-state index in [-0.39, 0.29) is 22.0 Å². The molecule has 0 bridgehead atoms. The van der Waals surface area contributed by atoms with Gasteiger partial charge in [-0.15, -0.1) is 0 Å². The van der Waals surface area contributed by atoms with Gasteiger partial charge in [-0.3, -0.25) is 0 Å². The van der Waals surface area contributed by atoms with Gasteiger partial charge in [-0.2, -0.15) is 5.26 Å². The number of nitriles is 1. The summed E-state index contributed by atoms with van der Waals surface area (Å²) in [6.45, 7) is 7.64. The molecule has 0 fully saturated rings. The van der Waals surface area contributed by atoms with Crippen molar-refractivity contribution in [2.75, 3.05) is 5.73 Å². The number of benzene rings is 1. The van der Waals surface area contributed by atoms with Gasteiger partial charge in [-0.25, -0.2) is 13.1 Å². The third kappa shape index (κ3) is 3.69. The second-order valence-electron chi connectivity index (χ2n) is 5.57. The molecule has 5 nitrogen and oxygen atoms in total. The average molecular weight is 281 g/mol. The van der Waals surface area contributed by atoms with Gasteiger partial charge < -0.3 is 5.73 Å². The molecule has 1 aromatic rings. The number of nitrogens with zero attached hydrogens (tertiary/aromatic N) is 1. The Morgan fingerprint density at radius 1 is 1.37 bits per heavy atom. The summed E-state index contributed by atoms with van der Waals surface area (Å²) in [7, 11) is -3.68. The molecule has 0 aliphatic carbocycles. The molecule has 0 saturated carbocycles. The van der Waals surface area contributed by atoms with Gasteiger partial charge in [0.05, 0.1) is 17.3 Å². The maximum Gasteiger partial charge on any atom is 0.242 e. The van der Waals surface area contributed by atoms with Crippen LogP contribution < -0.4 is 10.5 Å². The van der Waals surface area contributed by atoms with Crippen molar-refractivity contribution < 1.29 is 8.42 Å². The average Bonchev–Trinajstić information content (AvgIpc) is 2.26. The van der Waals surface area contributed by atoms with Crippen molar-refractivity contribution in [3.05, 3.63) is 23.8 Å².